The summed E-state index contributed by atoms with van der Waals surface area (Å²) in [4.78, 5) is 3.49. The molecule has 0 radical (unpaired) electrons. The number of nitrogens with zero attached hydrogens (tertiary/aromatic N) is 2. The van der Waals surface area contributed by atoms with Crippen LogP contribution in [0, 0.1) is 23.2 Å². The monoisotopic (exact) mass is 259 g/mol. The summed E-state index contributed by atoms with van der Waals surface area (Å²) in [6.45, 7) is 4.44. The van der Waals surface area contributed by atoms with Gasteiger partial charge in [0, 0.05) is 31.1 Å². The van der Waals surface area contributed by atoms with Crippen LogP contribution in [-0.2, 0) is 0 Å². The van der Waals surface area contributed by atoms with Crippen molar-refractivity contribution in [2.24, 2.45) is 11.8 Å². The van der Waals surface area contributed by atoms with E-state index in [4.69, 9.17) is 0 Å². The number of rotatable bonds is 2. The molecule has 0 saturated carbocycles. The Kier molecular flexibility index (Phi) is 3.19. The summed E-state index contributed by atoms with van der Waals surface area (Å²) in [6.07, 6.45) is 2.03. The molecule has 2 atom stereocenters. The fourth-order valence-corrected chi connectivity index (χ4v) is 3.69. The number of hydrogen-bond acceptors (Lipinski definition) is 4. The summed E-state index contributed by atoms with van der Waals surface area (Å²) in [5.74, 6) is 1.52. The minimum atomic E-state index is 0.759. The maximum atomic E-state index is 9.39. The Labute approximate surface area is 112 Å². The van der Waals surface area contributed by atoms with Crippen LogP contribution in [0.1, 0.15) is 5.56 Å². The van der Waals surface area contributed by atoms with Gasteiger partial charge in [-0.3, -0.25) is 0 Å². The van der Waals surface area contributed by atoms with Crippen molar-refractivity contribution >= 4 is 17.4 Å². The zero-order chi connectivity index (χ0) is 12.5. The molecule has 3 rings (SSSR count). The second kappa shape index (κ2) is 4.83. The normalized spacial score (nSPS) is 26.1. The van der Waals surface area contributed by atoms with Crippen LogP contribution in [0.2, 0.25) is 0 Å². The molecule has 0 aliphatic carbocycles. The first-order valence-corrected chi connectivity index (χ1v) is 7.58. The molecule has 2 aliphatic heterocycles. The highest BCUT2D eigenvalue weighted by atomic mass is 32.2. The largest absolute Gasteiger partial charge is 0.370 e. The standard InChI is InChI=1S/C14H17N3S/c1-18-14-4-2-3-13(12(14)5-15)17-8-10-6-16-7-11(10)9-17/h2-4,10-11,16H,6-9H2,1H3/t10-,11+. The summed E-state index contributed by atoms with van der Waals surface area (Å²) >= 11 is 1.65. The molecule has 1 aromatic carbocycles. The summed E-state index contributed by atoms with van der Waals surface area (Å²) in [7, 11) is 0. The van der Waals surface area contributed by atoms with Crippen LogP contribution < -0.4 is 10.2 Å². The molecule has 0 bridgehead atoms. The van der Waals surface area contributed by atoms with Gasteiger partial charge >= 0.3 is 0 Å². The lowest BCUT2D eigenvalue weighted by Crippen LogP contribution is -2.26. The molecule has 1 aromatic rings. The lowest BCUT2D eigenvalue weighted by Gasteiger charge is -2.22. The van der Waals surface area contributed by atoms with E-state index >= 15 is 0 Å². The van der Waals surface area contributed by atoms with E-state index in [-0.39, 0.29) is 0 Å². The van der Waals surface area contributed by atoms with Gasteiger partial charge in [0.25, 0.3) is 0 Å². The Balaban J connectivity index is 1.91. The lowest BCUT2D eigenvalue weighted by molar-refractivity contribution is 0.533. The minimum Gasteiger partial charge on any atom is -0.370 e. The molecule has 0 spiro atoms. The van der Waals surface area contributed by atoms with Gasteiger partial charge in [0.2, 0.25) is 0 Å². The molecule has 94 valence electrons. The van der Waals surface area contributed by atoms with Crippen LogP contribution in [-0.4, -0.2) is 32.4 Å². The Morgan fingerprint density at radius 2 is 2.06 bits per heavy atom. The Morgan fingerprint density at radius 1 is 1.33 bits per heavy atom. The van der Waals surface area contributed by atoms with E-state index in [1.54, 1.807) is 11.8 Å². The number of hydrogen-bond donors (Lipinski definition) is 1. The summed E-state index contributed by atoms with van der Waals surface area (Å²) in [5.41, 5.74) is 1.97. The van der Waals surface area contributed by atoms with Gasteiger partial charge in [-0.2, -0.15) is 5.26 Å². The van der Waals surface area contributed by atoms with Crippen LogP contribution >= 0.6 is 11.8 Å². The first-order valence-electron chi connectivity index (χ1n) is 6.36. The maximum Gasteiger partial charge on any atom is 0.103 e. The third-order valence-electron chi connectivity index (χ3n) is 4.07. The SMILES string of the molecule is CSc1cccc(N2C[C@H]3CNC[C@H]3C2)c1C#N. The van der Waals surface area contributed by atoms with Gasteiger partial charge in [-0.1, -0.05) is 6.07 Å². The van der Waals surface area contributed by atoms with Crippen molar-refractivity contribution in [2.75, 3.05) is 37.3 Å². The topological polar surface area (TPSA) is 39.1 Å². The zero-order valence-corrected chi connectivity index (χ0v) is 11.3. The van der Waals surface area contributed by atoms with E-state index < -0.39 is 0 Å². The number of anilines is 1. The maximum absolute atomic E-state index is 9.39. The molecule has 1 N–H and O–H groups in total. The summed E-state index contributed by atoms with van der Waals surface area (Å²) in [6, 6.07) is 8.57. The van der Waals surface area contributed by atoms with Crippen LogP contribution in [0.5, 0.6) is 0 Å². The smallest absolute Gasteiger partial charge is 0.103 e. The quantitative estimate of drug-likeness (QED) is 0.824. The zero-order valence-electron chi connectivity index (χ0n) is 10.5. The third kappa shape index (κ3) is 1.88. The second-order valence-electron chi connectivity index (χ2n) is 5.05. The van der Waals surface area contributed by atoms with Crippen LogP contribution in [0.15, 0.2) is 23.1 Å². The van der Waals surface area contributed by atoms with Gasteiger partial charge in [-0.05, 0) is 30.2 Å². The molecule has 2 aliphatic rings. The highest BCUT2D eigenvalue weighted by molar-refractivity contribution is 7.98. The molecule has 0 amide bonds. The molecule has 2 saturated heterocycles. The van der Waals surface area contributed by atoms with Crippen molar-refractivity contribution < 1.29 is 0 Å². The van der Waals surface area contributed by atoms with Crippen LogP contribution in [0.25, 0.3) is 0 Å². The molecule has 2 heterocycles. The average Bonchev–Trinajstić information content (AvgIpc) is 2.98. The van der Waals surface area contributed by atoms with Gasteiger partial charge < -0.3 is 10.2 Å². The predicted octanol–water partition coefficient (Wildman–Crippen LogP) is 1.94. The number of benzene rings is 1. The van der Waals surface area contributed by atoms with E-state index in [0.29, 0.717) is 0 Å². The summed E-state index contributed by atoms with van der Waals surface area (Å²) in [5, 5.41) is 12.8. The van der Waals surface area contributed by atoms with E-state index in [9.17, 15) is 5.26 Å². The molecule has 18 heavy (non-hydrogen) atoms. The van der Waals surface area contributed by atoms with Crippen LogP contribution in [0.4, 0.5) is 5.69 Å². The van der Waals surface area contributed by atoms with Crippen molar-refractivity contribution in [3.8, 4) is 6.07 Å². The first kappa shape index (κ1) is 11.9. The van der Waals surface area contributed by atoms with Gasteiger partial charge in [0.1, 0.15) is 6.07 Å². The predicted molar refractivity (Wildman–Crippen MR) is 75.0 cm³/mol. The molecule has 4 heteroatoms. The molecule has 0 unspecified atom stereocenters. The summed E-state index contributed by atoms with van der Waals surface area (Å²) < 4.78 is 0. The Bertz CT molecular complexity index is 482. The first-order chi connectivity index (χ1) is 8.83. The van der Waals surface area contributed by atoms with Crippen molar-refractivity contribution in [3.63, 3.8) is 0 Å². The van der Waals surface area contributed by atoms with Gasteiger partial charge in [-0.25, -0.2) is 0 Å². The van der Waals surface area contributed by atoms with E-state index in [0.717, 1.165) is 54.2 Å². The average molecular weight is 259 g/mol. The van der Waals surface area contributed by atoms with Crippen molar-refractivity contribution in [1.82, 2.24) is 5.32 Å². The molecular weight excluding hydrogens is 242 g/mol. The number of nitriles is 1. The van der Waals surface area contributed by atoms with E-state index in [2.05, 4.69) is 28.4 Å². The fraction of sp³-hybridized carbons (Fsp3) is 0.500. The van der Waals surface area contributed by atoms with Crippen molar-refractivity contribution in [2.45, 2.75) is 4.90 Å². The molecule has 2 fully saturated rings. The van der Waals surface area contributed by atoms with Crippen molar-refractivity contribution in [1.29, 1.82) is 5.26 Å². The van der Waals surface area contributed by atoms with Crippen molar-refractivity contribution in [3.05, 3.63) is 23.8 Å². The molecule has 0 aromatic heterocycles. The molecular formula is C14H17N3S. The number of fused-ring (bicyclic) bond motifs is 1. The second-order valence-corrected chi connectivity index (χ2v) is 5.90. The van der Waals surface area contributed by atoms with Crippen LogP contribution in [0.3, 0.4) is 0 Å². The Hall–Kier alpha value is -1.18. The lowest BCUT2D eigenvalue weighted by atomic mass is 10.0. The minimum absolute atomic E-state index is 0.759. The highest BCUT2D eigenvalue weighted by Gasteiger charge is 2.36. The van der Waals surface area contributed by atoms with E-state index in [1.165, 1.54) is 0 Å². The van der Waals surface area contributed by atoms with Gasteiger partial charge in [0.05, 0.1) is 11.3 Å². The fourth-order valence-electron chi connectivity index (χ4n) is 3.12. The van der Waals surface area contributed by atoms with E-state index in [1.807, 2.05) is 12.3 Å². The Morgan fingerprint density at radius 3 is 2.67 bits per heavy atom. The van der Waals surface area contributed by atoms with Gasteiger partial charge in [-0.15, -0.1) is 11.8 Å². The third-order valence-corrected chi connectivity index (χ3v) is 4.85. The molecule has 3 nitrogen and oxygen atoms in total. The highest BCUT2D eigenvalue weighted by Crippen LogP contribution is 2.35. The number of thioether (sulfide) groups is 1. The number of nitrogens with one attached hydrogen (secondary N) is 1. The van der Waals surface area contributed by atoms with Gasteiger partial charge in [0.15, 0.2) is 0 Å².